The first-order valence-electron chi connectivity index (χ1n) is 8.70. The Morgan fingerprint density at radius 2 is 1.41 bits per heavy atom. The maximum Gasteiger partial charge on any atom is 0.345 e. The van der Waals surface area contributed by atoms with Crippen molar-refractivity contribution in [1.29, 1.82) is 0 Å². The zero-order valence-corrected chi connectivity index (χ0v) is 15.2. The van der Waals surface area contributed by atoms with Crippen molar-refractivity contribution in [2.24, 2.45) is 0 Å². The molecule has 0 bridgehead atoms. The minimum atomic E-state index is -1.23. The van der Waals surface area contributed by atoms with Gasteiger partial charge in [-0.05, 0) is 48.5 Å². The Kier molecular flexibility index (Phi) is 6.52. The van der Waals surface area contributed by atoms with Crippen LogP contribution < -0.4 is 10.1 Å². The Hall–Kier alpha value is -3.74. The Labute approximate surface area is 165 Å². The Balaban J connectivity index is 1.68. The van der Waals surface area contributed by atoms with Crippen LogP contribution in [0.4, 0.5) is 14.5 Å². The molecule has 0 fully saturated rings. The number of hydrogen-bond donors (Lipinski definition) is 1. The van der Waals surface area contributed by atoms with Crippen LogP contribution in [0.2, 0.25) is 0 Å². The third-order valence-electron chi connectivity index (χ3n) is 3.87. The van der Waals surface area contributed by atoms with E-state index < -0.39 is 36.2 Å². The van der Waals surface area contributed by atoms with Crippen molar-refractivity contribution in [3.05, 3.63) is 96.1 Å². The molecule has 0 aliphatic rings. The summed E-state index contributed by atoms with van der Waals surface area (Å²) >= 11 is 0. The maximum absolute atomic E-state index is 13.0. The van der Waals surface area contributed by atoms with E-state index in [2.05, 4.69) is 5.32 Å². The van der Waals surface area contributed by atoms with Crippen LogP contribution in [0.5, 0.6) is 5.75 Å². The minimum absolute atomic E-state index is 0.287. The molecule has 148 valence electrons. The van der Waals surface area contributed by atoms with Crippen molar-refractivity contribution < 1.29 is 27.8 Å². The molecule has 0 saturated heterocycles. The molecule has 0 aliphatic heterocycles. The molecule has 0 saturated carbocycles. The van der Waals surface area contributed by atoms with Crippen molar-refractivity contribution in [3.8, 4) is 5.75 Å². The van der Waals surface area contributed by atoms with E-state index in [9.17, 15) is 18.4 Å². The summed E-state index contributed by atoms with van der Waals surface area (Å²) in [5, 5.41) is 2.59. The predicted octanol–water partition coefficient (Wildman–Crippen LogP) is 4.27. The standard InChI is InChI=1S/C22H17F2NO4/c23-16-6-10-18(11-7-16)25-22(27)21(15-4-2-1-3-5-15)29-20(26)14-28-19-12-8-17(24)9-13-19/h1-13,21H,14H2,(H,25,27)/t21-/m1/s1. The van der Waals surface area contributed by atoms with Gasteiger partial charge in [-0.1, -0.05) is 30.3 Å². The molecule has 0 spiro atoms. The quantitative estimate of drug-likeness (QED) is 0.605. The van der Waals surface area contributed by atoms with Crippen molar-refractivity contribution >= 4 is 17.6 Å². The van der Waals surface area contributed by atoms with Gasteiger partial charge in [-0.25, -0.2) is 13.6 Å². The van der Waals surface area contributed by atoms with Crippen molar-refractivity contribution in [1.82, 2.24) is 0 Å². The third kappa shape index (κ3) is 5.87. The SMILES string of the molecule is O=C(COc1ccc(F)cc1)O[C@@H](C(=O)Nc1ccc(F)cc1)c1ccccc1. The molecule has 1 atom stereocenters. The molecule has 0 unspecified atom stereocenters. The molecule has 0 aliphatic carbocycles. The lowest BCUT2D eigenvalue weighted by molar-refractivity contribution is -0.156. The first-order chi connectivity index (χ1) is 14.0. The average molecular weight is 397 g/mol. The van der Waals surface area contributed by atoms with Gasteiger partial charge in [0.05, 0.1) is 0 Å². The van der Waals surface area contributed by atoms with Crippen LogP contribution in [0.3, 0.4) is 0 Å². The highest BCUT2D eigenvalue weighted by Gasteiger charge is 2.25. The molecular weight excluding hydrogens is 380 g/mol. The molecular formula is C22H17F2NO4. The summed E-state index contributed by atoms with van der Waals surface area (Å²) in [7, 11) is 0. The van der Waals surface area contributed by atoms with Gasteiger partial charge in [-0.3, -0.25) is 4.79 Å². The smallest absolute Gasteiger partial charge is 0.345 e. The van der Waals surface area contributed by atoms with Gasteiger partial charge in [0, 0.05) is 11.3 Å². The van der Waals surface area contributed by atoms with Crippen LogP contribution in [-0.4, -0.2) is 18.5 Å². The summed E-state index contributed by atoms with van der Waals surface area (Å²) in [5.41, 5.74) is 0.818. The number of esters is 1. The van der Waals surface area contributed by atoms with Crippen molar-refractivity contribution in [3.63, 3.8) is 0 Å². The normalized spacial score (nSPS) is 11.4. The lowest BCUT2D eigenvalue weighted by atomic mass is 10.1. The van der Waals surface area contributed by atoms with Gasteiger partial charge in [-0.15, -0.1) is 0 Å². The van der Waals surface area contributed by atoms with Crippen LogP contribution in [-0.2, 0) is 14.3 Å². The molecule has 0 heterocycles. The molecule has 1 amide bonds. The Bertz CT molecular complexity index is 960. The summed E-state index contributed by atoms with van der Waals surface area (Å²) in [6, 6.07) is 18.8. The molecule has 3 aromatic carbocycles. The number of carbonyl (C=O) groups excluding carboxylic acids is 2. The number of anilines is 1. The second-order valence-electron chi connectivity index (χ2n) is 6.02. The largest absolute Gasteiger partial charge is 0.482 e. The number of halogens is 2. The number of benzene rings is 3. The Morgan fingerprint density at radius 1 is 0.828 bits per heavy atom. The first-order valence-corrected chi connectivity index (χ1v) is 8.70. The molecule has 1 N–H and O–H groups in total. The van der Waals surface area contributed by atoms with Gasteiger partial charge in [0.25, 0.3) is 5.91 Å². The first kappa shape index (κ1) is 20.0. The highest BCUT2D eigenvalue weighted by atomic mass is 19.1. The molecule has 7 heteroatoms. The fourth-order valence-electron chi connectivity index (χ4n) is 2.48. The average Bonchev–Trinajstić information content (AvgIpc) is 2.74. The lowest BCUT2D eigenvalue weighted by Crippen LogP contribution is -2.28. The summed E-state index contributed by atoms with van der Waals surface area (Å²) in [6.07, 6.45) is -1.23. The van der Waals surface area contributed by atoms with Crippen molar-refractivity contribution in [2.45, 2.75) is 6.10 Å². The predicted molar refractivity (Wildman–Crippen MR) is 102 cm³/mol. The maximum atomic E-state index is 13.0. The van der Waals surface area contributed by atoms with Crippen LogP contribution >= 0.6 is 0 Å². The monoisotopic (exact) mass is 397 g/mol. The van der Waals surface area contributed by atoms with Crippen LogP contribution in [0.1, 0.15) is 11.7 Å². The molecule has 0 aromatic heterocycles. The fourth-order valence-corrected chi connectivity index (χ4v) is 2.48. The van der Waals surface area contributed by atoms with Gasteiger partial charge in [-0.2, -0.15) is 0 Å². The van der Waals surface area contributed by atoms with Gasteiger partial charge in [0.15, 0.2) is 6.61 Å². The molecule has 0 radical (unpaired) electrons. The highest BCUT2D eigenvalue weighted by Crippen LogP contribution is 2.21. The van der Waals surface area contributed by atoms with E-state index in [-0.39, 0.29) is 5.75 Å². The lowest BCUT2D eigenvalue weighted by Gasteiger charge is -2.18. The van der Waals surface area contributed by atoms with E-state index in [1.807, 2.05) is 0 Å². The minimum Gasteiger partial charge on any atom is -0.482 e. The van der Waals surface area contributed by atoms with E-state index in [1.54, 1.807) is 30.3 Å². The van der Waals surface area contributed by atoms with Crippen LogP contribution in [0.25, 0.3) is 0 Å². The Morgan fingerprint density at radius 3 is 2.03 bits per heavy atom. The molecule has 3 aromatic rings. The number of hydrogen-bond acceptors (Lipinski definition) is 4. The number of nitrogens with one attached hydrogen (secondary N) is 1. The zero-order valence-electron chi connectivity index (χ0n) is 15.2. The van der Waals surface area contributed by atoms with Gasteiger partial charge >= 0.3 is 5.97 Å². The molecule has 3 rings (SSSR count). The third-order valence-corrected chi connectivity index (χ3v) is 3.87. The summed E-state index contributed by atoms with van der Waals surface area (Å²) in [6.45, 7) is -0.460. The summed E-state index contributed by atoms with van der Waals surface area (Å²) in [5.74, 6) is -1.96. The summed E-state index contributed by atoms with van der Waals surface area (Å²) in [4.78, 5) is 24.9. The second kappa shape index (κ2) is 9.45. The van der Waals surface area contributed by atoms with Gasteiger partial charge in [0.1, 0.15) is 17.4 Å². The van der Waals surface area contributed by atoms with Gasteiger partial charge < -0.3 is 14.8 Å². The second-order valence-corrected chi connectivity index (χ2v) is 6.02. The molecule has 29 heavy (non-hydrogen) atoms. The molecule has 5 nitrogen and oxygen atoms in total. The number of rotatable bonds is 7. The van der Waals surface area contributed by atoms with E-state index in [0.29, 0.717) is 11.3 Å². The van der Waals surface area contributed by atoms with E-state index >= 15 is 0 Å². The summed E-state index contributed by atoms with van der Waals surface area (Å²) < 4.78 is 36.5. The highest BCUT2D eigenvalue weighted by molar-refractivity contribution is 5.96. The number of ether oxygens (including phenoxy) is 2. The van der Waals surface area contributed by atoms with Crippen LogP contribution in [0.15, 0.2) is 78.9 Å². The van der Waals surface area contributed by atoms with Crippen LogP contribution in [0, 0.1) is 11.6 Å². The topological polar surface area (TPSA) is 64.6 Å². The van der Waals surface area contributed by atoms with E-state index in [4.69, 9.17) is 9.47 Å². The zero-order chi connectivity index (χ0) is 20.6. The van der Waals surface area contributed by atoms with Gasteiger partial charge in [0.2, 0.25) is 6.10 Å². The van der Waals surface area contributed by atoms with E-state index in [1.165, 1.54) is 48.5 Å². The number of amides is 1. The number of carbonyl (C=O) groups is 2. The van der Waals surface area contributed by atoms with E-state index in [0.717, 1.165) is 0 Å². The van der Waals surface area contributed by atoms with Crippen molar-refractivity contribution in [2.75, 3.05) is 11.9 Å². The fraction of sp³-hybridized carbons (Fsp3) is 0.0909.